The molecule has 1 heterocycles. The molecule has 19 heavy (non-hydrogen) atoms. The molecule has 0 spiro atoms. The molecule has 1 saturated heterocycles. The van der Waals surface area contributed by atoms with E-state index in [4.69, 9.17) is 0 Å². The number of rotatable bonds is 4. The van der Waals surface area contributed by atoms with Gasteiger partial charge in [-0.3, -0.25) is 9.69 Å². The van der Waals surface area contributed by atoms with Crippen LogP contribution in [0, 0.1) is 0 Å². The van der Waals surface area contributed by atoms with Crippen LogP contribution in [0.3, 0.4) is 0 Å². The Morgan fingerprint density at radius 3 is 2.21 bits per heavy atom. The molecule has 1 saturated carbocycles. The van der Waals surface area contributed by atoms with Crippen LogP contribution in [-0.4, -0.2) is 39.6 Å². The molecular weight excluding hydrogens is 244 g/mol. The molecule has 0 radical (unpaired) electrons. The van der Waals surface area contributed by atoms with E-state index in [9.17, 15) is 14.7 Å². The van der Waals surface area contributed by atoms with Gasteiger partial charge >= 0.3 is 6.03 Å². The standard InChI is InChI=1S/C14H24N2O3/c1-3-14(4-2)11(17)16(12(18)15-14)10-13(19)8-6-5-7-9-13/h19H,3-10H2,1-2H3,(H,15,18). The van der Waals surface area contributed by atoms with E-state index in [2.05, 4.69) is 5.32 Å². The first-order valence-corrected chi connectivity index (χ1v) is 7.33. The lowest BCUT2D eigenvalue weighted by molar-refractivity contribution is -0.134. The molecule has 2 rings (SSSR count). The van der Waals surface area contributed by atoms with Gasteiger partial charge in [-0.25, -0.2) is 4.79 Å². The van der Waals surface area contributed by atoms with Crippen LogP contribution >= 0.6 is 0 Å². The first kappa shape index (κ1) is 14.3. The van der Waals surface area contributed by atoms with Gasteiger partial charge in [-0.1, -0.05) is 33.1 Å². The molecule has 5 nitrogen and oxygen atoms in total. The fraction of sp³-hybridized carbons (Fsp3) is 0.857. The van der Waals surface area contributed by atoms with Gasteiger partial charge in [0.2, 0.25) is 0 Å². The molecule has 0 aromatic carbocycles. The van der Waals surface area contributed by atoms with Gasteiger partial charge in [-0.2, -0.15) is 0 Å². The van der Waals surface area contributed by atoms with Crippen LogP contribution in [0.4, 0.5) is 4.79 Å². The zero-order chi connectivity index (χ0) is 14.1. The lowest BCUT2D eigenvalue weighted by atomic mass is 9.84. The van der Waals surface area contributed by atoms with Gasteiger partial charge < -0.3 is 10.4 Å². The smallest absolute Gasteiger partial charge is 0.325 e. The summed E-state index contributed by atoms with van der Waals surface area (Å²) in [4.78, 5) is 25.7. The van der Waals surface area contributed by atoms with Crippen molar-refractivity contribution in [2.24, 2.45) is 0 Å². The second kappa shape index (κ2) is 5.12. The first-order chi connectivity index (χ1) is 8.96. The summed E-state index contributed by atoms with van der Waals surface area (Å²) in [6, 6.07) is -0.354. The van der Waals surface area contributed by atoms with E-state index in [1.54, 1.807) is 0 Å². The Bertz CT molecular complexity index is 371. The fourth-order valence-electron chi connectivity index (χ4n) is 3.21. The van der Waals surface area contributed by atoms with Gasteiger partial charge in [0.1, 0.15) is 5.54 Å². The van der Waals surface area contributed by atoms with Crippen LogP contribution in [0.1, 0.15) is 58.8 Å². The van der Waals surface area contributed by atoms with E-state index in [0.717, 1.165) is 19.3 Å². The number of amides is 3. The van der Waals surface area contributed by atoms with E-state index in [1.165, 1.54) is 4.90 Å². The van der Waals surface area contributed by atoms with E-state index >= 15 is 0 Å². The maximum absolute atomic E-state index is 12.4. The van der Waals surface area contributed by atoms with Crippen molar-refractivity contribution in [1.82, 2.24) is 10.2 Å². The zero-order valence-electron chi connectivity index (χ0n) is 11.9. The summed E-state index contributed by atoms with van der Waals surface area (Å²) in [6.07, 6.45) is 5.58. The summed E-state index contributed by atoms with van der Waals surface area (Å²) in [6.45, 7) is 3.94. The molecule has 0 unspecified atom stereocenters. The molecule has 2 fully saturated rings. The van der Waals surface area contributed by atoms with Gasteiger partial charge in [-0.15, -0.1) is 0 Å². The summed E-state index contributed by atoms with van der Waals surface area (Å²) in [7, 11) is 0. The number of aliphatic hydroxyl groups is 1. The molecule has 1 aliphatic carbocycles. The Labute approximate surface area is 114 Å². The summed E-state index contributed by atoms with van der Waals surface area (Å²) >= 11 is 0. The summed E-state index contributed by atoms with van der Waals surface area (Å²) in [5, 5.41) is 13.3. The first-order valence-electron chi connectivity index (χ1n) is 7.33. The largest absolute Gasteiger partial charge is 0.388 e. The van der Waals surface area contributed by atoms with Crippen molar-refractivity contribution in [3.05, 3.63) is 0 Å². The van der Waals surface area contributed by atoms with E-state index in [0.29, 0.717) is 25.7 Å². The van der Waals surface area contributed by atoms with Crippen molar-refractivity contribution in [1.29, 1.82) is 0 Å². The van der Waals surface area contributed by atoms with Crippen LogP contribution in [-0.2, 0) is 4.79 Å². The molecule has 108 valence electrons. The van der Waals surface area contributed by atoms with Crippen LogP contribution in [0.15, 0.2) is 0 Å². The number of hydrogen-bond acceptors (Lipinski definition) is 3. The van der Waals surface area contributed by atoms with Crippen LogP contribution in [0.25, 0.3) is 0 Å². The molecular formula is C14H24N2O3. The molecule has 0 aromatic heterocycles. The fourth-order valence-corrected chi connectivity index (χ4v) is 3.21. The predicted octanol–water partition coefficient (Wildman–Crippen LogP) is 1.79. The molecule has 3 amide bonds. The third-order valence-electron chi connectivity index (χ3n) is 4.69. The minimum Gasteiger partial charge on any atom is -0.388 e. The quantitative estimate of drug-likeness (QED) is 0.764. The molecule has 0 bridgehead atoms. The Morgan fingerprint density at radius 2 is 1.74 bits per heavy atom. The molecule has 0 aromatic rings. The Morgan fingerprint density at radius 1 is 1.16 bits per heavy atom. The Kier molecular flexibility index (Phi) is 3.85. The van der Waals surface area contributed by atoms with Crippen molar-refractivity contribution in [3.63, 3.8) is 0 Å². The number of β-amino-alcohol motifs (C(OH)–C–C–N with tert-alkyl or cyclic N) is 1. The average Bonchev–Trinajstić information content (AvgIpc) is 2.64. The van der Waals surface area contributed by atoms with Gasteiger partial charge in [0.15, 0.2) is 0 Å². The number of nitrogens with zero attached hydrogens (tertiary/aromatic N) is 1. The van der Waals surface area contributed by atoms with Gasteiger partial charge in [0.05, 0.1) is 12.1 Å². The molecule has 2 aliphatic rings. The highest BCUT2D eigenvalue weighted by Gasteiger charge is 2.50. The SMILES string of the molecule is CCC1(CC)NC(=O)N(CC2(O)CCCCC2)C1=O. The van der Waals surface area contributed by atoms with Gasteiger partial charge in [-0.05, 0) is 25.7 Å². The summed E-state index contributed by atoms with van der Waals surface area (Å²) in [5.41, 5.74) is -1.65. The topological polar surface area (TPSA) is 69.6 Å². The number of carbonyl (C=O) groups is 2. The summed E-state index contributed by atoms with van der Waals surface area (Å²) in [5.74, 6) is -0.179. The highest BCUT2D eigenvalue weighted by molar-refractivity contribution is 6.07. The van der Waals surface area contributed by atoms with Crippen molar-refractivity contribution >= 4 is 11.9 Å². The van der Waals surface area contributed by atoms with Crippen LogP contribution < -0.4 is 5.32 Å². The lowest BCUT2D eigenvalue weighted by Gasteiger charge is -2.34. The van der Waals surface area contributed by atoms with E-state index in [-0.39, 0.29) is 18.5 Å². The van der Waals surface area contributed by atoms with Gasteiger partial charge in [0.25, 0.3) is 5.91 Å². The third-order valence-corrected chi connectivity index (χ3v) is 4.69. The molecule has 0 atom stereocenters. The third kappa shape index (κ3) is 2.48. The minimum atomic E-state index is -0.886. The van der Waals surface area contributed by atoms with Crippen molar-refractivity contribution in [3.8, 4) is 0 Å². The number of hydrogen-bond donors (Lipinski definition) is 2. The normalized spacial score (nSPS) is 25.5. The maximum atomic E-state index is 12.4. The molecule has 1 aliphatic heterocycles. The second-order valence-electron chi connectivity index (χ2n) is 5.90. The van der Waals surface area contributed by atoms with Gasteiger partial charge in [0, 0.05) is 0 Å². The van der Waals surface area contributed by atoms with Crippen LogP contribution in [0.2, 0.25) is 0 Å². The number of imide groups is 1. The monoisotopic (exact) mass is 268 g/mol. The van der Waals surface area contributed by atoms with Crippen molar-refractivity contribution in [2.75, 3.05) is 6.54 Å². The lowest BCUT2D eigenvalue weighted by Crippen LogP contribution is -2.49. The Balaban J connectivity index is 2.12. The highest BCUT2D eigenvalue weighted by atomic mass is 16.3. The highest BCUT2D eigenvalue weighted by Crippen LogP contribution is 2.32. The number of nitrogens with one attached hydrogen (secondary N) is 1. The maximum Gasteiger partial charge on any atom is 0.325 e. The second-order valence-corrected chi connectivity index (χ2v) is 5.90. The predicted molar refractivity (Wildman–Crippen MR) is 71.6 cm³/mol. The van der Waals surface area contributed by atoms with Crippen molar-refractivity contribution in [2.45, 2.75) is 69.9 Å². The molecule has 2 N–H and O–H groups in total. The number of urea groups is 1. The van der Waals surface area contributed by atoms with E-state index < -0.39 is 11.1 Å². The number of carbonyl (C=O) groups excluding carboxylic acids is 2. The van der Waals surface area contributed by atoms with Crippen LogP contribution in [0.5, 0.6) is 0 Å². The zero-order valence-corrected chi connectivity index (χ0v) is 11.9. The average molecular weight is 268 g/mol. The Hall–Kier alpha value is -1.10. The molecule has 5 heteroatoms. The van der Waals surface area contributed by atoms with Crippen molar-refractivity contribution < 1.29 is 14.7 Å². The van der Waals surface area contributed by atoms with E-state index in [1.807, 2.05) is 13.8 Å². The minimum absolute atomic E-state index is 0.138. The summed E-state index contributed by atoms with van der Waals surface area (Å²) < 4.78 is 0.